The number of carbonyl (C=O) groups is 4. The van der Waals surface area contributed by atoms with E-state index in [1.807, 2.05) is 0 Å². The summed E-state index contributed by atoms with van der Waals surface area (Å²) in [5, 5.41) is 6.17. The summed E-state index contributed by atoms with van der Waals surface area (Å²) in [6.45, 7) is 0.554. The van der Waals surface area contributed by atoms with Crippen molar-refractivity contribution >= 4 is 35.1 Å². The summed E-state index contributed by atoms with van der Waals surface area (Å²) in [6, 6.07) is 12.0. The largest absolute Gasteiger partial charge is 0.405 e. The van der Waals surface area contributed by atoms with Crippen molar-refractivity contribution < 1.29 is 41.1 Å². The fraction of sp³-hybridized carbons (Fsp3) is 0.407. The lowest BCUT2D eigenvalue weighted by Crippen LogP contribution is -2.59. The van der Waals surface area contributed by atoms with Crippen molar-refractivity contribution in [2.75, 3.05) is 6.54 Å². The second kappa shape index (κ2) is 14.2. The van der Waals surface area contributed by atoms with Crippen LogP contribution in [-0.2, 0) is 32.0 Å². The van der Waals surface area contributed by atoms with Gasteiger partial charge in [0.2, 0.25) is 17.6 Å². The third-order valence-electron chi connectivity index (χ3n) is 5.76. The second-order valence-corrected chi connectivity index (χ2v) is 9.84. The normalized spacial score (nSPS) is 13.3. The highest BCUT2D eigenvalue weighted by Crippen LogP contribution is 2.22. The van der Waals surface area contributed by atoms with Gasteiger partial charge in [0, 0.05) is 17.9 Å². The van der Waals surface area contributed by atoms with Crippen LogP contribution >= 0.6 is 11.6 Å². The molecular weight excluding hydrogens is 561 g/mol. The highest BCUT2D eigenvalue weighted by Gasteiger charge is 2.52. The van der Waals surface area contributed by atoms with Gasteiger partial charge in [-0.2, -0.15) is 22.0 Å². The standard InChI is InChI=1S/C27H29ClF5N3O4/c1-16(2)22(23(38)27(32,33)25(40)34-15-26(29,30)31)36-24(39)20(14-17-7-4-3-5-8-17)35-21(37)12-11-18-9-6-10-19(28)13-18/h3-10,13,16,20,22H,11-12,14-15H2,1-2H3,(H,34,40)(H,35,37)(H,36,39)/t20-,22-/m0/s1. The van der Waals surface area contributed by atoms with Crippen molar-refractivity contribution in [1.29, 1.82) is 0 Å². The number of ketones is 1. The maximum absolute atomic E-state index is 14.5. The summed E-state index contributed by atoms with van der Waals surface area (Å²) in [5.41, 5.74) is 1.38. The van der Waals surface area contributed by atoms with Crippen LogP contribution in [0.25, 0.3) is 0 Å². The van der Waals surface area contributed by atoms with Gasteiger partial charge in [-0.05, 0) is 35.6 Å². The molecule has 2 atom stereocenters. The van der Waals surface area contributed by atoms with E-state index in [2.05, 4.69) is 10.6 Å². The SMILES string of the molecule is CC(C)[C@H](NC(=O)[C@H](Cc1ccccc1)NC(=O)CCc1cccc(Cl)c1)C(=O)C(F)(F)C(=O)NCC(F)(F)F. The quantitative estimate of drug-likeness (QED) is 0.242. The van der Waals surface area contributed by atoms with Crippen molar-refractivity contribution in [2.24, 2.45) is 5.92 Å². The molecule has 218 valence electrons. The smallest absolute Gasteiger partial charge is 0.344 e. The van der Waals surface area contributed by atoms with E-state index in [0.717, 1.165) is 10.9 Å². The molecule has 2 aromatic rings. The molecule has 3 N–H and O–H groups in total. The lowest BCUT2D eigenvalue weighted by Gasteiger charge is -2.27. The molecule has 2 rings (SSSR count). The molecule has 40 heavy (non-hydrogen) atoms. The molecule has 0 heterocycles. The Hall–Kier alpha value is -3.54. The summed E-state index contributed by atoms with van der Waals surface area (Å²) in [4.78, 5) is 50.2. The first kappa shape index (κ1) is 32.7. The first-order valence-corrected chi connectivity index (χ1v) is 12.6. The minimum absolute atomic E-state index is 0.0388. The van der Waals surface area contributed by atoms with Gasteiger partial charge < -0.3 is 16.0 Å². The Morgan fingerprint density at radius 1 is 0.875 bits per heavy atom. The topological polar surface area (TPSA) is 104 Å². The van der Waals surface area contributed by atoms with Gasteiger partial charge in [-0.3, -0.25) is 19.2 Å². The summed E-state index contributed by atoms with van der Waals surface area (Å²) in [7, 11) is 0. The Balaban J connectivity index is 2.19. The molecule has 0 aliphatic heterocycles. The number of Topliss-reactive ketones (excluding diaryl/α,β-unsaturated/α-hetero) is 1. The third-order valence-corrected chi connectivity index (χ3v) is 5.99. The predicted molar refractivity (Wildman–Crippen MR) is 138 cm³/mol. The number of hydrogen-bond acceptors (Lipinski definition) is 4. The number of benzene rings is 2. The fourth-order valence-corrected chi connectivity index (χ4v) is 3.88. The van der Waals surface area contributed by atoms with E-state index in [0.29, 0.717) is 17.0 Å². The summed E-state index contributed by atoms with van der Waals surface area (Å²) >= 11 is 5.96. The first-order chi connectivity index (χ1) is 18.6. The average Bonchev–Trinajstić information content (AvgIpc) is 2.88. The zero-order chi connectivity index (χ0) is 30.1. The molecule has 0 aliphatic rings. The van der Waals surface area contributed by atoms with Crippen LogP contribution in [-0.4, -0.2) is 54.2 Å². The lowest BCUT2D eigenvalue weighted by molar-refractivity contribution is -0.165. The molecular formula is C27H29ClF5N3O4. The van der Waals surface area contributed by atoms with Crippen LogP contribution in [0, 0.1) is 5.92 Å². The van der Waals surface area contributed by atoms with E-state index in [4.69, 9.17) is 11.6 Å². The number of hydrogen-bond donors (Lipinski definition) is 3. The van der Waals surface area contributed by atoms with E-state index in [1.54, 1.807) is 54.6 Å². The van der Waals surface area contributed by atoms with Crippen molar-refractivity contribution in [1.82, 2.24) is 16.0 Å². The summed E-state index contributed by atoms with van der Waals surface area (Å²) in [6.07, 6.45) is -4.78. The van der Waals surface area contributed by atoms with Crippen molar-refractivity contribution in [3.05, 3.63) is 70.7 Å². The number of rotatable bonds is 13. The maximum Gasteiger partial charge on any atom is 0.405 e. The van der Waals surface area contributed by atoms with Gasteiger partial charge in [0.25, 0.3) is 5.91 Å². The molecule has 0 radical (unpaired) electrons. The van der Waals surface area contributed by atoms with Gasteiger partial charge in [0.1, 0.15) is 12.6 Å². The van der Waals surface area contributed by atoms with E-state index in [9.17, 15) is 41.1 Å². The third kappa shape index (κ3) is 10.2. The molecule has 0 fully saturated rings. The van der Waals surface area contributed by atoms with Gasteiger partial charge >= 0.3 is 12.1 Å². The number of amides is 3. The molecule has 0 unspecified atom stereocenters. The van der Waals surface area contributed by atoms with Crippen molar-refractivity contribution in [2.45, 2.75) is 57.3 Å². The summed E-state index contributed by atoms with van der Waals surface area (Å²) < 4.78 is 66.2. The van der Waals surface area contributed by atoms with Gasteiger partial charge in [-0.25, -0.2) is 0 Å². The van der Waals surface area contributed by atoms with Crippen LogP contribution in [0.3, 0.4) is 0 Å². The Kier molecular flexibility index (Phi) is 11.6. The van der Waals surface area contributed by atoms with Gasteiger partial charge in [-0.1, -0.05) is 67.9 Å². The predicted octanol–water partition coefficient (Wildman–Crippen LogP) is 4.02. The minimum Gasteiger partial charge on any atom is -0.344 e. The molecule has 3 amide bonds. The van der Waals surface area contributed by atoms with Crippen LogP contribution in [0.1, 0.15) is 31.4 Å². The molecule has 0 aliphatic carbocycles. The summed E-state index contributed by atoms with van der Waals surface area (Å²) in [5.74, 6) is -11.9. The number of nitrogens with one attached hydrogen (secondary N) is 3. The van der Waals surface area contributed by atoms with Crippen LogP contribution in [0.15, 0.2) is 54.6 Å². The lowest BCUT2D eigenvalue weighted by atomic mass is 9.94. The van der Waals surface area contributed by atoms with Crippen LogP contribution < -0.4 is 16.0 Å². The van der Waals surface area contributed by atoms with Gasteiger partial charge in [0.15, 0.2) is 0 Å². The van der Waals surface area contributed by atoms with Gasteiger partial charge in [0.05, 0.1) is 6.04 Å². The maximum atomic E-state index is 14.5. The van der Waals surface area contributed by atoms with Crippen molar-refractivity contribution in [3.8, 4) is 0 Å². The Morgan fingerprint density at radius 3 is 2.08 bits per heavy atom. The molecule has 0 saturated carbocycles. The molecule has 2 aromatic carbocycles. The number of carbonyl (C=O) groups excluding carboxylic acids is 4. The van der Waals surface area contributed by atoms with E-state index in [1.165, 1.54) is 13.8 Å². The van der Waals surface area contributed by atoms with Crippen LogP contribution in [0.4, 0.5) is 22.0 Å². The van der Waals surface area contributed by atoms with E-state index >= 15 is 0 Å². The van der Waals surface area contributed by atoms with Gasteiger partial charge in [-0.15, -0.1) is 0 Å². The zero-order valence-corrected chi connectivity index (χ0v) is 22.4. The Labute approximate surface area is 232 Å². The monoisotopic (exact) mass is 589 g/mol. The van der Waals surface area contributed by atoms with Crippen LogP contribution in [0.5, 0.6) is 0 Å². The fourth-order valence-electron chi connectivity index (χ4n) is 3.66. The van der Waals surface area contributed by atoms with E-state index < -0.39 is 60.1 Å². The number of alkyl halides is 5. The molecule has 0 bridgehead atoms. The van der Waals surface area contributed by atoms with Crippen LogP contribution in [0.2, 0.25) is 5.02 Å². The number of halogens is 6. The molecule has 13 heteroatoms. The highest BCUT2D eigenvalue weighted by atomic mass is 35.5. The number of aryl methyl sites for hydroxylation is 1. The zero-order valence-electron chi connectivity index (χ0n) is 21.7. The average molecular weight is 590 g/mol. The highest BCUT2D eigenvalue weighted by molar-refractivity contribution is 6.30. The Morgan fingerprint density at radius 2 is 1.50 bits per heavy atom. The molecule has 7 nitrogen and oxygen atoms in total. The minimum atomic E-state index is -4.98. The Bertz CT molecular complexity index is 1190. The second-order valence-electron chi connectivity index (χ2n) is 9.41. The molecule has 0 aromatic heterocycles. The molecule has 0 spiro atoms. The van der Waals surface area contributed by atoms with E-state index in [-0.39, 0.29) is 12.8 Å². The van der Waals surface area contributed by atoms with Crippen molar-refractivity contribution in [3.63, 3.8) is 0 Å². The first-order valence-electron chi connectivity index (χ1n) is 12.3. The molecule has 0 saturated heterocycles.